The van der Waals surface area contributed by atoms with Gasteiger partial charge < -0.3 is 4.74 Å². The predicted molar refractivity (Wildman–Crippen MR) is 90.2 cm³/mol. The Bertz CT molecular complexity index is 654. The third kappa shape index (κ3) is 5.06. The average molecular weight is 310 g/mol. The number of Topliss-reactive ketones (excluding diaryl/α,β-unsaturated/α-hetero) is 1. The smallest absolute Gasteiger partial charge is 0.321 e. The number of esters is 1. The molecule has 2 aromatic carbocycles. The molecule has 2 rings (SSSR count). The summed E-state index contributed by atoms with van der Waals surface area (Å²) in [6, 6.07) is 18.5. The van der Waals surface area contributed by atoms with Gasteiger partial charge in [-0.3, -0.25) is 9.59 Å². The van der Waals surface area contributed by atoms with E-state index in [0.717, 1.165) is 5.56 Å². The third-order valence-electron chi connectivity index (χ3n) is 3.32. The lowest BCUT2D eigenvalue weighted by Gasteiger charge is -2.23. The van der Waals surface area contributed by atoms with Gasteiger partial charge >= 0.3 is 5.97 Å². The standard InChI is InChI=1S/C20H22O3/c1-20(2,3)23-19(22)18(16-12-8-5-9-13-16)17(21)14-15-10-6-4-7-11-15/h4-13,18H,14H2,1-3H3/t18-/m1/s1. The quantitative estimate of drug-likeness (QED) is 0.621. The molecule has 0 unspecified atom stereocenters. The second kappa shape index (κ2) is 7.23. The number of carbonyl (C=O) groups excluding carboxylic acids is 2. The summed E-state index contributed by atoms with van der Waals surface area (Å²) >= 11 is 0. The molecule has 0 aliphatic rings. The van der Waals surface area contributed by atoms with Gasteiger partial charge in [0.25, 0.3) is 0 Å². The summed E-state index contributed by atoms with van der Waals surface area (Å²) in [5.41, 5.74) is 0.932. The second-order valence-corrected chi connectivity index (χ2v) is 6.51. The zero-order valence-corrected chi connectivity index (χ0v) is 13.8. The molecule has 23 heavy (non-hydrogen) atoms. The van der Waals surface area contributed by atoms with Crippen LogP contribution in [0.2, 0.25) is 0 Å². The molecule has 120 valence electrons. The van der Waals surface area contributed by atoms with E-state index in [1.807, 2.05) is 48.5 Å². The summed E-state index contributed by atoms with van der Waals surface area (Å²) in [5, 5.41) is 0. The first kappa shape index (κ1) is 16.9. The van der Waals surface area contributed by atoms with Crippen molar-refractivity contribution in [1.82, 2.24) is 0 Å². The maximum atomic E-state index is 12.7. The second-order valence-electron chi connectivity index (χ2n) is 6.51. The van der Waals surface area contributed by atoms with Crippen molar-refractivity contribution in [3.05, 3.63) is 71.8 Å². The molecule has 1 atom stereocenters. The molecule has 2 aromatic rings. The predicted octanol–water partition coefficient (Wildman–Crippen LogP) is 3.92. The topological polar surface area (TPSA) is 43.4 Å². The van der Waals surface area contributed by atoms with Gasteiger partial charge in [0.15, 0.2) is 5.78 Å². The fraction of sp³-hybridized carbons (Fsp3) is 0.300. The Hall–Kier alpha value is -2.42. The van der Waals surface area contributed by atoms with Gasteiger partial charge in [0.1, 0.15) is 11.5 Å². The van der Waals surface area contributed by atoms with Crippen LogP contribution in [-0.2, 0) is 20.7 Å². The first-order valence-electron chi connectivity index (χ1n) is 7.71. The highest BCUT2D eigenvalue weighted by molar-refractivity contribution is 6.05. The molecular weight excluding hydrogens is 288 g/mol. The van der Waals surface area contributed by atoms with Crippen LogP contribution in [0.4, 0.5) is 0 Å². The fourth-order valence-corrected chi connectivity index (χ4v) is 2.36. The summed E-state index contributed by atoms with van der Waals surface area (Å²) in [6.45, 7) is 5.40. The van der Waals surface area contributed by atoms with Crippen LogP contribution < -0.4 is 0 Å². The van der Waals surface area contributed by atoms with E-state index >= 15 is 0 Å². The van der Waals surface area contributed by atoms with Crippen LogP contribution in [0, 0.1) is 0 Å². The Labute approximate surface area is 137 Å². The number of ketones is 1. The van der Waals surface area contributed by atoms with Crippen molar-refractivity contribution in [2.45, 2.75) is 38.7 Å². The van der Waals surface area contributed by atoms with Crippen LogP contribution in [-0.4, -0.2) is 17.4 Å². The molecule has 0 saturated heterocycles. The Morgan fingerprint density at radius 2 is 1.43 bits per heavy atom. The van der Waals surface area contributed by atoms with Gasteiger partial charge in [-0.05, 0) is 31.9 Å². The van der Waals surface area contributed by atoms with E-state index in [4.69, 9.17) is 4.74 Å². The van der Waals surface area contributed by atoms with E-state index in [9.17, 15) is 9.59 Å². The average Bonchev–Trinajstić information content (AvgIpc) is 2.47. The lowest BCUT2D eigenvalue weighted by atomic mass is 9.91. The molecule has 0 saturated carbocycles. The number of rotatable bonds is 5. The highest BCUT2D eigenvalue weighted by Crippen LogP contribution is 2.23. The lowest BCUT2D eigenvalue weighted by Crippen LogP contribution is -2.32. The fourth-order valence-electron chi connectivity index (χ4n) is 2.36. The van der Waals surface area contributed by atoms with Crippen LogP contribution in [0.3, 0.4) is 0 Å². The van der Waals surface area contributed by atoms with Crippen LogP contribution in [0.5, 0.6) is 0 Å². The minimum Gasteiger partial charge on any atom is -0.459 e. The highest BCUT2D eigenvalue weighted by Gasteiger charge is 2.32. The largest absolute Gasteiger partial charge is 0.459 e. The van der Waals surface area contributed by atoms with E-state index in [1.165, 1.54) is 0 Å². The van der Waals surface area contributed by atoms with Crippen LogP contribution in [0.15, 0.2) is 60.7 Å². The number of hydrogen-bond acceptors (Lipinski definition) is 3. The minimum absolute atomic E-state index is 0.156. The molecule has 0 radical (unpaired) electrons. The minimum atomic E-state index is -0.893. The summed E-state index contributed by atoms with van der Waals surface area (Å²) in [7, 11) is 0. The normalized spacial score (nSPS) is 12.5. The Morgan fingerprint density at radius 1 is 0.913 bits per heavy atom. The molecule has 0 N–H and O–H groups in total. The monoisotopic (exact) mass is 310 g/mol. The Balaban J connectivity index is 2.26. The molecule has 3 nitrogen and oxygen atoms in total. The van der Waals surface area contributed by atoms with Gasteiger partial charge in [0.2, 0.25) is 0 Å². The molecule has 3 heteroatoms. The van der Waals surface area contributed by atoms with Crippen molar-refractivity contribution < 1.29 is 14.3 Å². The summed E-state index contributed by atoms with van der Waals surface area (Å²) < 4.78 is 5.45. The number of hydrogen-bond donors (Lipinski definition) is 0. The zero-order chi connectivity index (χ0) is 16.9. The first-order valence-corrected chi connectivity index (χ1v) is 7.71. The van der Waals surface area contributed by atoms with Crippen LogP contribution >= 0.6 is 0 Å². The van der Waals surface area contributed by atoms with E-state index in [2.05, 4.69) is 0 Å². The molecule has 0 spiro atoms. The molecule has 0 aliphatic heterocycles. The van der Waals surface area contributed by atoms with Gasteiger partial charge in [0.05, 0.1) is 0 Å². The number of ether oxygens (including phenoxy) is 1. The number of carbonyl (C=O) groups is 2. The van der Waals surface area contributed by atoms with Crippen molar-refractivity contribution in [3.8, 4) is 0 Å². The Kier molecular flexibility index (Phi) is 5.32. The van der Waals surface area contributed by atoms with Crippen molar-refractivity contribution >= 4 is 11.8 Å². The highest BCUT2D eigenvalue weighted by atomic mass is 16.6. The molecule has 0 aliphatic carbocycles. The molecule has 0 bridgehead atoms. The summed E-state index contributed by atoms with van der Waals surface area (Å²) in [5.74, 6) is -1.54. The maximum Gasteiger partial charge on any atom is 0.321 e. The first-order chi connectivity index (χ1) is 10.9. The van der Waals surface area contributed by atoms with Crippen LogP contribution in [0.1, 0.15) is 37.8 Å². The van der Waals surface area contributed by atoms with E-state index in [-0.39, 0.29) is 12.2 Å². The SMILES string of the molecule is CC(C)(C)OC(=O)[C@@H](C(=O)Cc1ccccc1)c1ccccc1. The van der Waals surface area contributed by atoms with Crippen molar-refractivity contribution in [2.24, 2.45) is 0 Å². The van der Waals surface area contributed by atoms with Crippen molar-refractivity contribution in [1.29, 1.82) is 0 Å². The maximum absolute atomic E-state index is 12.7. The van der Waals surface area contributed by atoms with Crippen molar-refractivity contribution in [3.63, 3.8) is 0 Å². The van der Waals surface area contributed by atoms with E-state index in [1.54, 1.807) is 32.9 Å². The molecular formula is C20H22O3. The molecule has 0 aromatic heterocycles. The Morgan fingerprint density at radius 3 is 1.96 bits per heavy atom. The van der Waals surface area contributed by atoms with Gasteiger partial charge in [-0.2, -0.15) is 0 Å². The van der Waals surface area contributed by atoms with Gasteiger partial charge in [-0.1, -0.05) is 60.7 Å². The van der Waals surface area contributed by atoms with E-state index < -0.39 is 17.5 Å². The molecule has 0 fully saturated rings. The summed E-state index contributed by atoms with van der Waals surface area (Å²) in [4.78, 5) is 25.3. The van der Waals surface area contributed by atoms with Crippen molar-refractivity contribution in [2.75, 3.05) is 0 Å². The van der Waals surface area contributed by atoms with Crippen LogP contribution in [0.25, 0.3) is 0 Å². The van der Waals surface area contributed by atoms with Gasteiger partial charge in [-0.25, -0.2) is 0 Å². The third-order valence-corrected chi connectivity index (χ3v) is 3.32. The summed E-state index contributed by atoms with van der Waals surface area (Å²) in [6.07, 6.45) is 0.208. The van der Waals surface area contributed by atoms with Gasteiger partial charge in [0, 0.05) is 6.42 Å². The van der Waals surface area contributed by atoms with Gasteiger partial charge in [-0.15, -0.1) is 0 Å². The van der Waals surface area contributed by atoms with E-state index in [0.29, 0.717) is 5.56 Å². The lowest BCUT2D eigenvalue weighted by molar-refractivity contribution is -0.158. The number of benzene rings is 2. The molecule has 0 heterocycles. The molecule has 0 amide bonds. The zero-order valence-electron chi connectivity index (χ0n) is 13.8.